The molecular weight excluding hydrogens is 498 g/mol. The third kappa shape index (κ3) is 15.6. The molecule has 0 unspecified atom stereocenters. The fourth-order valence-electron chi connectivity index (χ4n) is 5.11. The summed E-state index contributed by atoms with van der Waals surface area (Å²) in [5.41, 5.74) is 5.35. The average molecular weight is 558 g/mol. The fraction of sp³-hybridized carbons (Fsp3) is 0.900. The Morgan fingerprint density at radius 1 is 1.03 bits per heavy atom. The maximum absolute atomic E-state index is 13.1. The molecule has 1 heterocycles. The summed E-state index contributed by atoms with van der Waals surface area (Å²) in [5.74, 6) is -1.24. The van der Waals surface area contributed by atoms with E-state index in [1.54, 1.807) is 18.7 Å². The highest BCUT2D eigenvalue weighted by Crippen LogP contribution is 2.40. The Balaban J connectivity index is 0.000000920. The number of amides is 1. The maximum atomic E-state index is 13.1. The van der Waals surface area contributed by atoms with Crippen molar-refractivity contribution in [2.24, 2.45) is 11.7 Å². The minimum absolute atomic E-state index is 0. The molecule has 2 fully saturated rings. The second-order valence-electron chi connectivity index (χ2n) is 11.9. The molecule has 230 valence electrons. The van der Waals surface area contributed by atoms with E-state index in [4.69, 9.17) is 15.6 Å². The Morgan fingerprint density at radius 3 is 2.13 bits per heavy atom. The van der Waals surface area contributed by atoms with Crippen LogP contribution in [0.3, 0.4) is 0 Å². The molecule has 9 nitrogen and oxygen atoms in total. The Hall–Kier alpha value is -1.71. The number of carboxylic acid groups (broad SMARTS) is 1. The lowest BCUT2D eigenvalue weighted by Crippen LogP contribution is -2.55. The van der Waals surface area contributed by atoms with Crippen molar-refractivity contribution in [3.63, 3.8) is 0 Å². The molecule has 0 radical (unpaired) electrons. The second kappa shape index (κ2) is 20.2. The molecule has 5 N–H and O–H groups in total. The Morgan fingerprint density at radius 2 is 1.62 bits per heavy atom. The molecular formula is C30H59N3O6. The molecule has 1 aliphatic heterocycles. The molecule has 0 aromatic rings. The van der Waals surface area contributed by atoms with Crippen molar-refractivity contribution in [1.82, 2.24) is 10.2 Å². The van der Waals surface area contributed by atoms with Crippen molar-refractivity contribution >= 4 is 17.8 Å². The topological polar surface area (TPSA) is 142 Å². The van der Waals surface area contributed by atoms with E-state index in [1.165, 1.54) is 25.7 Å². The summed E-state index contributed by atoms with van der Waals surface area (Å²) in [7, 11) is 0. The van der Waals surface area contributed by atoms with Crippen molar-refractivity contribution in [3.05, 3.63) is 0 Å². The van der Waals surface area contributed by atoms with E-state index >= 15 is 0 Å². The quantitative estimate of drug-likeness (QED) is 0.190. The van der Waals surface area contributed by atoms with Crippen LogP contribution in [0.15, 0.2) is 0 Å². The van der Waals surface area contributed by atoms with Crippen LogP contribution in [0.4, 0.5) is 0 Å². The lowest BCUT2D eigenvalue weighted by atomic mass is 9.84. The second-order valence-corrected chi connectivity index (χ2v) is 11.9. The number of aliphatic hydroxyl groups is 1. The molecule has 0 spiro atoms. The number of ether oxygens (including phenoxy) is 1. The first kappa shape index (κ1) is 37.3. The van der Waals surface area contributed by atoms with Gasteiger partial charge in [-0.25, -0.2) is 4.79 Å². The highest BCUT2D eigenvalue weighted by molar-refractivity contribution is 5.88. The van der Waals surface area contributed by atoms with Crippen molar-refractivity contribution in [2.45, 2.75) is 155 Å². The standard InChI is InChI=1S/C19H32N2O5.C7H16O.C4H11N/c1-4-8-14(19(25)26-5-2)20-12(3)17(22)21-15-10-7-6-9-13(15)11-16(21)18(23)24;1-2-3-4-5-6-7-8;1-4(2,3)5/h12-16,20H,4-11H2,1-3H3,(H,23,24);8H,2-7H2,1H3;5H2,1-3H3/t12-,13-,14-,15-,16-;;/m0../s1. The smallest absolute Gasteiger partial charge is 0.326 e. The summed E-state index contributed by atoms with van der Waals surface area (Å²) in [6.07, 6.45) is 12.0. The van der Waals surface area contributed by atoms with Gasteiger partial charge in [0.05, 0.1) is 12.6 Å². The first-order valence-electron chi connectivity index (χ1n) is 15.2. The predicted octanol–water partition coefficient (Wildman–Crippen LogP) is 4.63. The number of hydrogen-bond acceptors (Lipinski definition) is 7. The number of likely N-dealkylation sites (tertiary alicyclic amines) is 1. The zero-order valence-electron chi connectivity index (χ0n) is 25.8. The molecule has 1 saturated carbocycles. The van der Waals surface area contributed by atoms with Gasteiger partial charge in [0.25, 0.3) is 0 Å². The van der Waals surface area contributed by atoms with E-state index in [2.05, 4.69) is 12.2 Å². The highest BCUT2D eigenvalue weighted by atomic mass is 16.5. The molecule has 1 aliphatic carbocycles. The third-order valence-electron chi connectivity index (χ3n) is 6.86. The van der Waals surface area contributed by atoms with E-state index < -0.39 is 24.1 Å². The summed E-state index contributed by atoms with van der Waals surface area (Å²) < 4.78 is 5.09. The summed E-state index contributed by atoms with van der Waals surface area (Å²) in [6.45, 7) is 14.2. The number of unbranched alkanes of at least 4 members (excludes halogenated alkanes) is 4. The minimum Gasteiger partial charge on any atom is -0.480 e. The number of esters is 1. The van der Waals surface area contributed by atoms with Gasteiger partial charge in [-0.3, -0.25) is 14.9 Å². The maximum Gasteiger partial charge on any atom is 0.326 e. The van der Waals surface area contributed by atoms with Gasteiger partial charge in [-0.15, -0.1) is 0 Å². The van der Waals surface area contributed by atoms with Crippen LogP contribution in [0.1, 0.15) is 126 Å². The number of aliphatic carboxylic acids is 1. The molecule has 1 amide bonds. The van der Waals surface area contributed by atoms with Crippen molar-refractivity contribution in [2.75, 3.05) is 13.2 Å². The molecule has 2 rings (SSSR count). The van der Waals surface area contributed by atoms with Gasteiger partial charge in [0.1, 0.15) is 12.1 Å². The van der Waals surface area contributed by atoms with Gasteiger partial charge in [-0.1, -0.05) is 58.8 Å². The van der Waals surface area contributed by atoms with Gasteiger partial charge in [-0.05, 0) is 72.6 Å². The zero-order chi connectivity index (χ0) is 30.0. The number of rotatable bonds is 13. The van der Waals surface area contributed by atoms with E-state index in [0.717, 1.165) is 38.5 Å². The number of carbonyl (C=O) groups is 3. The van der Waals surface area contributed by atoms with Crippen LogP contribution in [0.5, 0.6) is 0 Å². The largest absolute Gasteiger partial charge is 0.480 e. The van der Waals surface area contributed by atoms with Gasteiger partial charge in [0.2, 0.25) is 5.91 Å². The van der Waals surface area contributed by atoms with Crippen LogP contribution in [0.2, 0.25) is 0 Å². The number of carbonyl (C=O) groups excluding carboxylic acids is 2. The van der Waals surface area contributed by atoms with Crippen LogP contribution >= 0.6 is 0 Å². The molecule has 2 aliphatic rings. The molecule has 0 aromatic heterocycles. The predicted molar refractivity (Wildman–Crippen MR) is 156 cm³/mol. The third-order valence-corrected chi connectivity index (χ3v) is 6.86. The summed E-state index contributed by atoms with van der Waals surface area (Å²) in [5, 5.41) is 21.0. The number of fused-ring (bicyclic) bond motifs is 1. The Bertz CT molecular complexity index is 685. The van der Waals surface area contributed by atoms with Crippen LogP contribution in [0, 0.1) is 5.92 Å². The molecule has 0 aromatic carbocycles. The zero-order valence-corrected chi connectivity index (χ0v) is 25.8. The van der Waals surface area contributed by atoms with Gasteiger partial charge >= 0.3 is 11.9 Å². The SMILES string of the molecule is CC(C)(C)N.CCCCCCCO.CCC[C@H](N[C@@H](C)C(=O)N1[C@H](C(=O)O)C[C@@H]2CCCC[C@@H]21)C(=O)OCC. The van der Waals surface area contributed by atoms with Crippen LogP contribution in [-0.4, -0.2) is 75.9 Å². The summed E-state index contributed by atoms with van der Waals surface area (Å²) in [4.78, 5) is 38.5. The van der Waals surface area contributed by atoms with Gasteiger partial charge in [-0.2, -0.15) is 0 Å². The summed E-state index contributed by atoms with van der Waals surface area (Å²) >= 11 is 0. The Kier molecular flexibility index (Phi) is 19.3. The molecule has 9 heteroatoms. The highest BCUT2D eigenvalue weighted by Gasteiger charge is 2.48. The molecule has 39 heavy (non-hydrogen) atoms. The monoisotopic (exact) mass is 557 g/mol. The summed E-state index contributed by atoms with van der Waals surface area (Å²) in [6, 6.07) is -1.92. The lowest BCUT2D eigenvalue weighted by molar-refractivity contribution is -0.152. The first-order valence-corrected chi connectivity index (χ1v) is 15.2. The molecule has 0 bridgehead atoms. The number of nitrogens with zero attached hydrogens (tertiary/aromatic N) is 1. The van der Waals surface area contributed by atoms with Crippen molar-refractivity contribution < 1.29 is 29.3 Å². The fourth-order valence-corrected chi connectivity index (χ4v) is 5.11. The minimum atomic E-state index is -0.935. The van der Waals surface area contributed by atoms with E-state index in [0.29, 0.717) is 26.1 Å². The van der Waals surface area contributed by atoms with Crippen molar-refractivity contribution in [3.8, 4) is 0 Å². The van der Waals surface area contributed by atoms with Crippen molar-refractivity contribution in [1.29, 1.82) is 0 Å². The number of aliphatic hydroxyl groups excluding tert-OH is 1. The lowest BCUT2D eigenvalue weighted by Gasteiger charge is -2.35. The number of hydrogen-bond donors (Lipinski definition) is 4. The van der Waals surface area contributed by atoms with E-state index in [-0.39, 0.29) is 29.4 Å². The van der Waals surface area contributed by atoms with Crippen LogP contribution in [-0.2, 0) is 19.1 Å². The van der Waals surface area contributed by atoms with Crippen LogP contribution < -0.4 is 11.1 Å². The van der Waals surface area contributed by atoms with Crippen LogP contribution in [0.25, 0.3) is 0 Å². The number of nitrogens with one attached hydrogen (secondary N) is 1. The molecule has 1 saturated heterocycles. The molecule has 5 atom stereocenters. The first-order chi connectivity index (χ1) is 18.3. The average Bonchev–Trinajstić information content (AvgIpc) is 3.25. The normalized spacial score (nSPS) is 21.9. The Labute approximate surface area is 237 Å². The van der Waals surface area contributed by atoms with Gasteiger partial charge in [0.15, 0.2) is 0 Å². The van der Waals surface area contributed by atoms with E-state index in [1.807, 2.05) is 27.7 Å². The van der Waals surface area contributed by atoms with Gasteiger partial charge in [0, 0.05) is 18.2 Å². The van der Waals surface area contributed by atoms with Gasteiger partial charge < -0.3 is 25.6 Å². The van der Waals surface area contributed by atoms with E-state index in [9.17, 15) is 19.5 Å². The number of nitrogens with two attached hydrogens (primary N) is 1. The number of carboxylic acids is 1.